The lowest BCUT2D eigenvalue weighted by Crippen LogP contribution is -2.50. The second-order valence-electron chi connectivity index (χ2n) is 8.43. The third-order valence-corrected chi connectivity index (χ3v) is 5.95. The summed E-state index contributed by atoms with van der Waals surface area (Å²) in [7, 11) is 1.60. The van der Waals surface area contributed by atoms with Crippen LogP contribution in [0.4, 0.5) is 20.6 Å². The number of hydrogen-bond donors (Lipinski definition) is 0. The number of benzene rings is 1. The number of amides is 2. The standard InChI is InChI=1S/C24H31FN4O8/c1-32-10-11-33-12-13-34-17-23(30)28-7-5-27(6-8-28)21-3-2-18(14-20(21)25)29-15-19(37-24(29)31)16-35-22-4-9-36-26-22/h2-4,9,14,19H,5-8,10-13,15-17H2,1H3/t19-/m1/s1. The quantitative estimate of drug-likeness (QED) is 0.359. The smallest absolute Gasteiger partial charge is 0.414 e. The number of piperazine rings is 1. The fourth-order valence-corrected chi connectivity index (χ4v) is 4.00. The number of anilines is 2. The summed E-state index contributed by atoms with van der Waals surface area (Å²) in [6.45, 7) is 3.90. The average molecular weight is 523 g/mol. The molecular formula is C24H31FN4O8. The van der Waals surface area contributed by atoms with Crippen molar-refractivity contribution in [2.24, 2.45) is 0 Å². The molecule has 2 aliphatic heterocycles. The monoisotopic (exact) mass is 522 g/mol. The van der Waals surface area contributed by atoms with Crippen molar-refractivity contribution in [3.63, 3.8) is 0 Å². The second-order valence-corrected chi connectivity index (χ2v) is 8.43. The summed E-state index contributed by atoms with van der Waals surface area (Å²) in [5, 5.41) is 3.64. The number of nitrogens with zero attached hydrogens (tertiary/aromatic N) is 4. The van der Waals surface area contributed by atoms with Crippen LogP contribution < -0.4 is 14.5 Å². The summed E-state index contributed by atoms with van der Waals surface area (Å²) in [6.07, 6.45) is 0.282. The molecule has 0 saturated carbocycles. The fourth-order valence-electron chi connectivity index (χ4n) is 4.00. The zero-order valence-corrected chi connectivity index (χ0v) is 20.7. The highest BCUT2D eigenvalue weighted by atomic mass is 19.1. The zero-order valence-electron chi connectivity index (χ0n) is 20.7. The molecule has 12 nitrogen and oxygen atoms in total. The van der Waals surface area contributed by atoms with Crippen LogP contribution in [0.5, 0.6) is 5.88 Å². The van der Waals surface area contributed by atoms with Crippen LogP contribution in [0.2, 0.25) is 0 Å². The highest BCUT2D eigenvalue weighted by Gasteiger charge is 2.33. The Morgan fingerprint density at radius 2 is 1.89 bits per heavy atom. The first-order valence-corrected chi connectivity index (χ1v) is 12.0. The highest BCUT2D eigenvalue weighted by molar-refractivity contribution is 5.90. The van der Waals surface area contributed by atoms with Crippen molar-refractivity contribution in [1.82, 2.24) is 10.1 Å². The first-order valence-electron chi connectivity index (χ1n) is 12.0. The van der Waals surface area contributed by atoms with E-state index in [9.17, 15) is 9.59 Å². The summed E-state index contributed by atoms with van der Waals surface area (Å²) < 4.78 is 46.0. The SMILES string of the molecule is COCCOCCOCC(=O)N1CCN(c2ccc(N3C[C@H](COc4ccon4)OC3=O)cc2F)CC1. The number of carbonyl (C=O) groups is 2. The minimum Gasteiger partial charge on any atom is -0.471 e. The molecule has 37 heavy (non-hydrogen) atoms. The molecule has 2 amide bonds. The number of aromatic nitrogens is 1. The molecule has 2 fully saturated rings. The number of rotatable bonds is 13. The van der Waals surface area contributed by atoms with Crippen LogP contribution >= 0.6 is 0 Å². The first-order chi connectivity index (χ1) is 18.0. The molecule has 0 aliphatic carbocycles. The molecule has 1 aromatic carbocycles. The Kier molecular flexibility index (Phi) is 9.52. The van der Waals surface area contributed by atoms with E-state index in [1.54, 1.807) is 30.2 Å². The normalized spacial score (nSPS) is 17.8. The van der Waals surface area contributed by atoms with Crippen LogP contribution in [-0.4, -0.2) is 108 Å². The van der Waals surface area contributed by atoms with E-state index < -0.39 is 18.0 Å². The summed E-state index contributed by atoms with van der Waals surface area (Å²) in [5.74, 6) is -0.270. The van der Waals surface area contributed by atoms with Crippen LogP contribution in [0.25, 0.3) is 0 Å². The van der Waals surface area contributed by atoms with Gasteiger partial charge in [-0.15, -0.1) is 0 Å². The van der Waals surface area contributed by atoms with E-state index in [1.165, 1.54) is 17.2 Å². The van der Waals surface area contributed by atoms with E-state index in [1.807, 2.05) is 4.90 Å². The van der Waals surface area contributed by atoms with Gasteiger partial charge in [-0.3, -0.25) is 9.69 Å². The fraction of sp³-hybridized carbons (Fsp3) is 0.542. The number of carbonyl (C=O) groups excluding carboxylic acids is 2. The van der Waals surface area contributed by atoms with Crippen LogP contribution in [0.3, 0.4) is 0 Å². The molecule has 2 saturated heterocycles. The van der Waals surface area contributed by atoms with Gasteiger partial charge in [-0.2, -0.15) is 0 Å². The van der Waals surface area contributed by atoms with Gasteiger partial charge < -0.3 is 38.0 Å². The van der Waals surface area contributed by atoms with Crippen LogP contribution in [0.1, 0.15) is 0 Å². The Morgan fingerprint density at radius 3 is 2.62 bits per heavy atom. The van der Waals surface area contributed by atoms with Gasteiger partial charge in [-0.05, 0) is 23.4 Å². The Hall–Kier alpha value is -3.42. The number of cyclic esters (lactones) is 1. The molecule has 0 bridgehead atoms. The van der Waals surface area contributed by atoms with Gasteiger partial charge in [-0.1, -0.05) is 0 Å². The molecule has 1 atom stereocenters. The molecule has 202 valence electrons. The molecule has 1 aromatic heterocycles. The first kappa shape index (κ1) is 26.6. The van der Waals surface area contributed by atoms with E-state index in [-0.39, 0.29) is 25.7 Å². The molecule has 0 N–H and O–H groups in total. The van der Waals surface area contributed by atoms with Gasteiger partial charge in [-0.25, -0.2) is 9.18 Å². The van der Waals surface area contributed by atoms with Crippen LogP contribution in [0, 0.1) is 5.82 Å². The van der Waals surface area contributed by atoms with E-state index >= 15 is 4.39 Å². The number of ether oxygens (including phenoxy) is 5. The molecular weight excluding hydrogens is 491 g/mol. The molecule has 2 aromatic rings. The van der Waals surface area contributed by atoms with Gasteiger partial charge in [0.25, 0.3) is 5.88 Å². The van der Waals surface area contributed by atoms with Crippen LogP contribution in [0.15, 0.2) is 35.1 Å². The van der Waals surface area contributed by atoms with Gasteiger partial charge in [0.15, 0.2) is 6.10 Å². The largest absolute Gasteiger partial charge is 0.471 e. The summed E-state index contributed by atoms with van der Waals surface area (Å²) in [6, 6.07) is 6.19. The van der Waals surface area contributed by atoms with Gasteiger partial charge >= 0.3 is 6.09 Å². The highest BCUT2D eigenvalue weighted by Crippen LogP contribution is 2.28. The lowest BCUT2D eigenvalue weighted by Gasteiger charge is -2.36. The Morgan fingerprint density at radius 1 is 1.11 bits per heavy atom. The lowest BCUT2D eigenvalue weighted by molar-refractivity contribution is -0.137. The zero-order chi connectivity index (χ0) is 26.0. The Balaban J connectivity index is 1.21. The minimum absolute atomic E-state index is 0.0206. The Labute approximate surface area is 213 Å². The predicted molar refractivity (Wildman–Crippen MR) is 128 cm³/mol. The molecule has 2 aliphatic rings. The van der Waals surface area contributed by atoms with Crippen molar-refractivity contribution in [3.05, 3.63) is 36.3 Å². The van der Waals surface area contributed by atoms with Crippen molar-refractivity contribution < 1.29 is 42.2 Å². The summed E-state index contributed by atoms with van der Waals surface area (Å²) >= 11 is 0. The van der Waals surface area contributed by atoms with E-state index in [0.29, 0.717) is 69.9 Å². The van der Waals surface area contributed by atoms with Gasteiger partial charge in [0, 0.05) is 39.4 Å². The number of halogens is 1. The summed E-state index contributed by atoms with van der Waals surface area (Å²) in [4.78, 5) is 29.7. The lowest BCUT2D eigenvalue weighted by atomic mass is 10.2. The molecule has 4 rings (SSSR count). The van der Waals surface area contributed by atoms with Crippen molar-refractivity contribution in [2.75, 3.05) is 89.3 Å². The van der Waals surface area contributed by atoms with E-state index in [2.05, 4.69) is 5.16 Å². The second kappa shape index (κ2) is 13.2. The van der Waals surface area contributed by atoms with Crippen molar-refractivity contribution in [3.8, 4) is 5.88 Å². The number of methoxy groups -OCH3 is 1. The maximum absolute atomic E-state index is 15.0. The third kappa shape index (κ3) is 7.31. The van der Waals surface area contributed by atoms with E-state index in [4.69, 9.17) is 28.2 Å². The van der Waals surface area contributed by atoms with Gasteiger partial charge in [0.1, 0.15) is 25.3 Å². The van der Waals surface area contributed by atoms with Crippen molar-refractivity contribution >= 4 is 23.4 Å². The Bertz CT molecular complexity index is 1020. The topological polar surface area (TPSA) is 116 Å². The third-order valence-electron chi connectivity index (χ3n) is 5.95. The number of hydrogen-bond acceptors (Lipinski definition) is 10. The van der Waals surface area contributed by atoms with Gasteiger partial charge in [0.05, 0.1) is 44.3 Å². The maximum Gasteiger partial charge on any atom is 0.414 e. The minimum atomic E-state index is -0.572. The predicted octanol–water partition coefficient (Wildman–Crippen LogP) is 1.55. The van der Waals surface area contributed by atoms with Crippen LogP contribution in [-0.2, 0) is 23.7 Å². The van der Waals surface area contributed by atoms with E-state index in [0.717, 1.165) is 0 Å². The van der Waals surface area contributed by atoms with Crippen molar-refractivity contribution in [2.45, 2.75) is 6.10 Å². The molecule has 3 heterocycles. The maximum atomic E-state index is 15.0. The molecule has 13 heteroatoms. The molecule has 0 unspecified atom stereocenters. The molecule has 0 radical (unpaired) electrons. The van der Waals surface area contributed by atoms with Gasteiger partial charge in [0.2, 0.25) is 5.91 Å². The van der Waals surface area contributed by atoms with Crippen molar-refractivity contribution in [1.29, 1.82) is 0 Å². The average Bonchev–Trinajstić information content (AvgIpc) is 3.56. The molecule has 0 spiro atoms. The summed E-state index contributed by atoms with van der Waals surface area (Å²) in [5.41, 5.74) is 0.811.